The summed E-state index contributed by atoms with van der Waals surface area (Å²) in [7, 11) is 0. The van der Waals surface area contributed by atoms with Crippen LogP contribution in [0.5, 0.6) is 0 Å². The summed E-state index contributed by atoms with van der Waals surface area (Å²) >= 11 is 0. The van der Waals surface area contributed by atoms with Gasteiger partial charge in [-0.2, -0.15) is 10.2 Å². The van der Waals surface area contributed by atoms with E-state index in [1.165, 1.54) is 4.68 Å². The van der Waals surface area contributed by atoms with Gasteiger partial charge in [0.1, 0.15) is 6.54 Å². The van der Waals surface area contributed by atoms with Crippen LogP contribution in [0.1, 0.15) is 17.8 Å². The molecule has 0 unspecified atom stereocenters. The first kappa shape index (κ1) is 21.2. The van der Waals surface area contributed by atoms with Crippen LogP contribution in [-0.4, -0.2) is 69.8 Å². The lowest BCUT2D eigenvalue weighted by atomic mass is 10.2. The van der Waals surface area contributed by atoms with Crippen LogP contribution in [0.25, 0.3) is 16.6 Å². The molecule has 0 bridgehead atoms. The fraction of sp³-hybridized carbons (Fsp3) is 0.455. The number of fused-ring (bicyclic) bond motifs is 1. The number of amides is 1. The van der Waals surface area contributed by atoms with Crippen LogP contribution >= 0.6 is 0 Å². The Kier molecular flexibility index (Phi) is 6.43. The molecule has 2 aromatic heterocycles. The first-order valence-electron chi connectivity index (χ1n) is 10.6. The third kappa shape index (κ3) is 4.67. The highest BCUT2D eigenvalue weighted by molar-refractivity contribution is 5.83. The maximum atomic E-state index is 13.0. The van der Waals surface area contributed by atoms with Crippen LogP contribution in [0.4, 0.5) is 0 Å². The summed E-state index contributed by atoms with van der Waals surface area (Å²) in [6.07, 6.45) is 0.854. The van der Waals surface area contributed by atoms with Crippen molar-refractivity contribution in [2.24, 2.45) is 0 Å². The highest BCUT2D eigenvalue weighted by atomic mass is 16.5. The van der Waals surface area contributed by atoms with Crippen molar-refractivity contribution in [2.75, 3.05) is 39.4 Å². The van der Waals surface area contributed by atoms with Crippen molar-refractivity contribution in [1.82, 2.24) is 29.8 Å². The molecule has 4 rings (SSSR count). The van der Waals surface area contributed by atoms with Gasteiger partial charge >= 0.3 is 0 Å². The summed E-state index contributed by atoms with van der Waals surface area (Å²) in [5, 5.41) is 12.5. The Labute approximate surface area is 180 Å². The van der Waals surface area contributed by atoms with E-state index in [-0.39, 0.29) is 18.0 Å². The summed E-state index contributed by atoms with van der Waals surface area (Å²) in [5.74, 6) is -0.227. The zero-order chi connectivity index (χ0) is 21.8. The molecule has 1 fully saturated rings. The monoisotopic (exact) mass is 424 g/mol. The summed E-state index contributed by atoms with van der Waals surface area (Å²) < 4.78 is 8.29. The van der Waals surface area contributed by atoms with Crippen LogP contribution in [0, 0.1) is 13.8 Å². The number of hydrogen-bond donors (Lipinski definition) is 1. The number of rotatable bonds is 7. The second-order valence-electron chi connectivity index (χ2n) is 7.76. The van der Waals surface area contributed by atoms with Gasteiger partial charge in [-0.15, -0.1) is 0 Å². The first-order chi connectivity index (χ1) is 15.0. The van der Waals surface area contributed by atoms with Gasteiger partial charge < -0.3 is 10.1 Å². The molecular formula is C22H28N6O3. The summed E-state index contributed by atoms with van der Waals surface area (Å²) in [6.45, 7) is 8.51. The zero-order valence-electron chi connectivity index (χ0n) is 18.0. The van der Waals surface area contributed by atoms with Gasteiger partial charge in [0.15, 0.2) is 5.52 Å². The number of aryl methyl sites for hydroxylation is 2. The van der Waals surface area contributed by atoms with Gasteiger partial charge in [0, 0.05) is 19.6 Å². The van der Waals surface area contributed by atoms with Crippen LogP contribution in [0.2, 0.25) is 0 Å². The minimum absolute atomic E-state index is 0.121. The largest absolute Gasteiger partial charge is 0.379 e. The standard InChI is InChI=1S/C22H28N6O3/c1-16-20-17(2)28(18-7-4-3-5-8-18)25-21(20)22(30)27(24-16)15-19(29)23-9-6-10-26-11-13-31-14-12-26/h3-5,7-8H,6,9-15H2,1-2H3,(H,23,29). The van der Waals surface area contributed by atoms with Crippen molar-refractivity contribution < 1.29 is 9.53 Å². The number of aromatic nitrogens is 4. The fourth-order valence-corrected chi connectivity index (χ4v) is 3.96. The number of ether oxygens (including phenoxy) is 1. The van der Waals surface area contributed by atoms with Crippen molar-refractivity contribution in [3.8, 4) is 5.69 Å². The van der Waals surface area contributed by atoms with E-state index in [0.29, 0.717) is 17.8 Å². The van der Waals surface area contributed by atoms with Crippen molar-refractivity contribution in [2.45, 2.75) is 26.8 Å². The Morgan fingerprint density at radius 3 is 2.61 bits per heavy atom. The predicted molar refractivity (Wildman–Crippen MR) is 117 cm³/mol. The molecule has 9 nitrogen and oxygen atoms in total. The highest BCUT2D eigenvalue weighted by Crippen LogP contribution is 2.20. The smallest absolute Gasteiger partial charge is 0.295 e. The molecule has 0 aliphatic carbocycles. The van der Waals surface area contributed by atoms with Crippen molar-refractivity contribution >= 4 is 16.8 Å². The number of carbonyl (C=O) groups excluding carboxylic acids is 1. The minimum Gasteiger partial charge on any atom is -0.379 e. The van der Waals surface area contributed by atoms with E-state index in [0.717, 1.165) is 56.0 Å². The number of benzene rings is 1. The number of para-hydroxylation sites is 1. The Morgan fingerprint density at radius 1 is 1.13 bits per heavy atom. The molecule has 3 heterocycles. The van der Waals surface area contributed by atoms with Gasteiger partial charge in [-0.1, -0.05) is 18.2 Å². The summed E-state index contributed by atoms with van der Waals surface area (Å²) in [5.41, 5.74) is 2.37. The molecule has 1 aliphatic heterocycles. The highest BCUT2D eigenvalue weighted by Gasteiger charge is 2.18. The molecule has 1 aliphatic rings. The number of nitrogens with zero attached hydrogens (tertiary/aromatic N) is 5. The van der Waals surface area contributed by atoms with Crippen molar-refractivity contribution in [3.63, 3.8) is 0 Å². The molecule has 1 aromatic carbocycles. The molecule has 31 heavy (non-hydrogen) atoms. The van der Waals surface area contributed by atoms with E-state index in [9.17, 15) is 9.59 Å². The van der Waals surface area contributed by atoms with E-state index in [2.05, 4.69) is 20.4 Å². The Morgan fingerprint density at radius 2 is 1.87 bits per heavy atom. The van der Waals surface area contributed by atoms with E-state index < -0.39 is 0 Å². The predicted octanol–water partition coefficient (Wildman–Crippen LogP) is 1.04. The van der Waals surface area contributed by atoms with E-state index in [1.54, 1.807) is 4.68 Å². The maximum absolute atomic E-state index is 13.0. The van der Waals surface area contributed by atoms with E-state index >= 15 is 0 Å². The lowest BCUT2D eigenvalue weighted by molar-refractivity contribution is -0.121. The molecule has 0 atom stereocenters. The van der Waals surface area contributed by atoms with Crippen LogP contribution < -0.4 is 10.9 Å². The van der Waals surface area contributed by atoms with Crippen LogP contribution in [-0.2, 0) is 16.1 Å². The van der Waals surface area contributed by atoms with Crippen LogP contribution in [0.3, 0.4) is 0 Å². The average Bonchev–Trinajstić information content (AvgIpc) is 3.14. The molecule has 0 radical (unpaired) electrons. The molecular weight excluding hydrogens is 396 g/mol. The van der Waals surface area contributed by atoms with Gasteiger partial charge in [0.25, 0.3) is 5.56 Å². The lowest BCUT2D eigenvalue weighted by Crippen LogP contribution is -2.39. The number of hydrogen-bond acceptors (Lipinski definition) is 6. The first-order valence-corrected chi connectivity index (χ1v) is 10.6. The average molecular weight is 425 g/mol. The molecule has 3 aromatic rings. The second kappa shape index (κ2) is 9.40. The third-order valence-corrected chi connectivity index (χ3v) is 5.56. The van der Waals surface area contributed by atoms with E-state index in [4.69, 9.17) is 4.74 Å². The van der Waals surface area contributed by atoms with Crippen molar-refractivity contribution in [3.05, 3.63) is 52.1 Å². The maximum Gasteiger partial charge on any atom is 0.295 e. The van der Waals surface area contributed by atoms with Gasteiger partial charge in [0.2, 0.25) is 5.91 Å². The molecule has 9 heteroatoms. The summed E-state index contributed by atoms with van der Waals surface area (Å²) in [4.78, 5) is 27.7. The Balaban J connectivity index is 1.45. The normalized spacial score (nSPS) is 14.8. The molecule has 1 saturated heterocycles. The van der Waals surface area contributed by atoms with Gasteiger partial charge in [-0.25, -0.2) is 9.36 Å². The fourth-order valence-electron chi connectivity index (χ4n) is 3.96. The summed E-state index contributed by atoms with van der Waals surface area (Å²) in [6, 6.07) is 9.65. The molecule has 1 N–H and O–H groups in total. The Bertz CT molecular complexity index is 1120. The minimum atomic E-state index is -0.359. The van der Waals surface area contributed by atoms with Crippen LogP contribution in [0.15, 0.2) is 35.1 Å². The number of nitrogens with one attached hydrogen (secondary N) is 1. The SMILES string of the molecule is Cc1nn(CC(=O)NCCCN2CCOCC2)c(=O)c2nn(-c3ccccc3)c(C)c12. The number of carbonyl (C=O) groups is 1. The Hall–Kier alpha value is -3.04. The van der Waals surface area contributed by atoms with Gasteiger partial charge in [-0.05, 0) is 38.9 Å². The molecule has 0 spiro atoms. The third-order valence-electron chi connectivity index (χ3n) is 5.56. The second-order valence-corrected chi connectivity index (χ2v) is 7.76. The van der Waals surface area contributed by atoms with Gasteiger partial charge in [0.05, 0.1) is 35.7 Å². The molecule has 0 saturated carbocycles. The zero-order valence-corrected chi connectivity index (χ0v) is 18.0. The molecule has 164 valence electrons. The lowest BCUT2D eigenvalue weighted by Gasteiger charge is -2.26. The topological polar surface area (TPSA) is 94.3 Å². The van der Waals surface area contributed by atoms with Gasteiger partial charge in [-0.3, -0.25) is 14.5 Å². The van der Waals surface area contributed by atoms with Crippen molar-refractivity contribution in [1.29, 1.82) is 0 Å². The number of morpholine rings is 1. The van der Waals surface area contributed by atoms with E-state index in [1.807, 2.05) is 44.2 Å². The molecule has 1 amide bonds. The quantitative estimate of drug-likeness (QED) is 0.570.